The molecular weight excluding hydrogens is 714 g/mol. The van der Waals surface area contributed by atoms with Gasteiger partial charge in [0.1, 0.15) is 6.54 Å². The highest BCUT2D eigenvalue weighted by molar-refractivity contribution is 9.10. The summed E-state index contributed by atoms with van der Waals surface area (Å²) in [5.74, 6) is -0.824. The second-order valence-electron chi connectivity index (χ2n) is 9.04. The average Bonchev–Trinajstić information content (AvgIpc) is 3.21. The number of halogens is 3. The minimum atomic E-state index is -0.594. The van der Waals surface area contributed by atoms with Crippen LogP contribution in [-0.2, 0) is 14.4 Å². The first-order chi connectivity index (χ1) is 20.0. The molecule has 1 aliphatic heterocycles. The molecule has 1 fully saturated rings. The predicted octanol–water partition coefficient (Wildman–Crippen LogP) is 7.18. The van der Waals surface area contributed by atoms with E-state index in [0.717, 1.165) is 32.3 Å². The Hall–Kier alpha value is -3.32. The number of amides is 4. The number of anilines is 2. The molecule has 0 saturated carbocycles. The van der Waals surface area contributed by atoms with E-state index in [-0.39, 0.29) is 17.4 Å². The fraction of sp³-hybridized carbons (Fsp3) is 0.172. The van der Waals surface area contributed by atoms with E-state index in [1.807, 2.05) is 26.0 Å². The van der Waals surface area contributed by atoms with Crippen LogP contribution in [0.3, 0.4) is 0 Å². The predicted molar refractivity (Wildman–Crippen MR) is 171 cm³/mol. The number of carbonyl (C=O) groups excluding carboxylic acids is 4. The number of ether oxygens (including phenoxy) is 2. The van der Waals surface area contributed by atoms with Crippen molar-refractivity contribution in [3.8, 4) is 11.5 Å². The number of hydrogen-bond donors (Lipinski definition) is 2. The Morgan fingerprint density at radius 2 is 1.69 bits per heavy atom. The topological polar surface area (TPSA) is 114 Å². The number of nitrogens with one attached hydrogen (secondary N) is 2. The molecule has 1 heterocycles. The van der Waals surface area contributed by atoms with Gasteiger partial charge in [-0.15, -0.1) is 0 Å². The molecule has 4 rings (SSSR count). The van der Waals surface area contributed by atoms with Gasteiger partial charge in [0.25, 0.3) is 17.1 Å². The summed E-state index contributed by atoms with van der Waals surface area (Å²) in [4.78, 5) is 51.5. The molecule has 0 aliphatic carbocycles. The van der Waals surface area contributed by atoms with Gasteiger partial charge in [-0.1, -0.05) is 33.6 Å². The average molecular weight is 738 g/mol. The van der Waals surface area contributed by atoms with Crippen molar-refractivity contribution in [1.82, 2.24) is 4.90 Å². The van der Waals surface area contributed by atoms with Crippen LogP contribution in [0, 0.1) is 13.8 Å². The highest BCUT2D eigenvalue weighted by Gasteiger charge is 2.36. The van der Waals surface area contributed by atoms with Gasteiger partial charge in [-0.05, 0) is 107 Å². The Kier molecular flexibility index (Phi) is 10.4. The second kappa shape index (κ2) is 13.8. The summed E-state index contributed by atoms with van der Waals surface area (Å²) >= 11 is 13.5. The van der Waals surface area contributed by atoms with E-state index in [0.29, 0.717) is 37.9 Å². The smallest absolute Gasteiger partial charge is 0.294 e. The molecule has 2 N–H and O–H groups in total. The van der Waals surface area contributed by atoms with Crippen LogP contribution in [0.5, 0.6) is 11.5 Å². The number of benzene rings is 3. The summed E-state index contributed by atoms with van der Waals surface area (Å²) in [6.07, 6.45) is 1.52. The summed E-state index contributed by atoms with van der Waals surface area (Å²) in [7, 11) is 1.45. The number of thioether (sulfide) groups is 1. The minimum Gasteiger partial charge on any atom is -0.493 e. The van der Waals surface area contributed by atoms with Crippen molar-refractivity contribution >= 4 is 95.6 Å². The molecule has 4 amide bonds. The van der Waals surface area contributed by atoms with Gasteiger partial charge in [-0.3, -0.25) is 24.1 Å². The standard InChI is InChI=1S/C29H24Br2ClN3O6S/c1-15-16(2)22(8-7-19(15)30)34-27(37)14-41-23-9-4-17(10-24(23)40-3)11-25-28(38)35(29(39)42-25)13-26(36)33-18-5-6-20(31)21(32)12-18/h4-12H,13-14H2,1-3H3,(H,33,36)(H,34,37)/b25-11+. The largest absolute Gasteiger partial charge is 0.493 e. The lowest BCUT2D eigenvalue weighted by molar-refractivity contribution is -0.127. The third-order valence-electron chi connectivity index (χ3n) is 6.22. The van der Waals surface area contributed by atoms with Gasteiger partial charge < -0.3 is 20.1 Å². The summed E-state index contributed by atoms with van der Waals surface area (Å²) in [5, 5.41) is 5.31. The van der Waals surface area contributed by atoms with Crippen molar-refractivity contribution in [3.63, 3.8) is 0 Å². The van der Waals surface area contributed by atoms with Gasteiger partial charge in [0.05, 0.1) is 17.0 Å². The molecule has 42 heavy (non-hydrogen) atoms. The van der Waals surface area contributed by atoms with Crippen LogP contribution in [0.15, 0.2) is 62.4 Å². The quantitative estimate of drug-likeness (QED) is 0.224. The van der Waals surface area contributed by atoms with E-state index < -0.39 is 23.6 Å². The second-order valence-corrected chi connectivity index (χ2v) is 12.1. The number of carbonyl (C=O) groups is 4. The fourth-order valence-corrected chi connectivity index (χ4v) is 5.55. The molecule has 0 unspecified atom stereocenters. The molecule has 1 saturated heterocycles. The molecule has 3 aromatic carbocycles. The SMILES string of the molecule is COc1cc(/C=C2/SC(=O)N(CC(=O)Nc3ccc(Br)c(Cl)c3)C2=O)ccc1OCC(=O)Nc1ccc(Br)c(C)c1C. The zero-order chi connectivity index (χ0) is 30.6. The lowest BCUT2D eigenvalue weighted by atomic mass is 10.1. The van der Waals surface area contributed by atoms with Gasteiger partial charge in [0, 0.05) is 20.3 Å². The summed E-state index contributed by atoms with van der Waals surface area (Å²) in [6.45, 7) is 3.17. The number of imide groups is 1. The number of nitrogens with zero attached hydrogens (tertiary/aromatic N) is 1. The fourth-order valence-electron chi connectivity index (χ4n) is 3.85. The molecule has 3 aromatic rings. The molecule has 0 atom stereocenters. The van der Waals surface area contributed by atoms with E-state index >= 15 is 0 Å². The molecule has 0 spiro atoms. The molecule has 13 heteroatoms. The maximum atomic E-state index is 12.9. The molecule has 9 nitrogen and oxygen atoms in total. The van der Waals surface area contributed by atoms with Crippen molar-refractivity contribution in [2.45, 2.75) is 13.8 Å². The zero-order valence-electron chi connectivity index (χ0n) is 22.5. The van der Waals surface area contributed by atoms with Crippen molar-refractivity contribution in [1.29, 1.82) is 0 Å². The Balaban J connectivity index is 1.38. The third kappa shape index (κ3) is 7.54. The molecular formula is C29H24Br2ClN3O6S. The Morgan fingerprint density at radius 1 is 0.952 bits per heavy atom. The van der Waals surface area contributed by atoms with Gasteiger partial charge >= 0.3 is 0 Å². The van der Waals surface area contributed by atoms with Crippen LogP contribution in [0.2, 0.25) is 5.02 Å². The van der Waals surface area contributed by atoms with Gasteiger partial charge in [-0.2, -0.15) is 0 Å². The molecule has 218 valence electrons. The van der Waals surface area contributed by atoms with Crippen molar-refractivity contribution in [2.75, 3.05) is 30.9 Å². The van der Waals surface area contributed by atoms with Crippen LogP contribution in [0.4, 0.5) is 16.2 Å². The van der Waals surface area contributed by atoms with Gasteiger partial charge in [-0.25, -0.2) is 0 Å². The minimum absolute atomic E-state index is 0.148. The number of methoxy groups -OCH3 is 1. The molecule has 1 aliphatic rings. The van der Waals surface area contributed by atoms with Gasteiger partial charge in [0.15, 0.2) is 18.1 Å². The van der Waals surface area contributed by atoms with E-state index in [2.05, 4.69) is 42.5 Å². The summed E-state index contributed by atoms with van der Waals surface area (Å²) in [6, 6.07) is 13.4. The zero-order valence-corrected chi connectivity index (χ0v) is 27.3. The van der Waals surface area contributed by atoms with E-state index in [1.54, 1.807) is 36.4 Å². The van der Waals surface area contributed by atoms with Crippen LogP contribution in [-0.4, -0.2) is 48.1 Å². The van der Waals surface area contributed by atoms with E-state index in [1.165, 1.54) is 13.2 Å². The van der Waals surface area contributed by atoms with Gasteiger partial charge in [0.2, 0.25) is 5.91 Å². The van der Waals surface area contributed by atoms with E-state index in [4.69, 9.17) is 21.1 Å². The van der Waals surface area contributed by atoms with Crippen LogP contribution >= 0.6 is 55.2 Å². The first-order valence-corrected chi connectivity index (χ1v) is 15.1. The Labute approximate surface area is 268 Å². The number of hydrogen-bond acceptors (Lipinski definition) is 7. The third-order valence-corrected chi connectivity index (χ3v) is 9.22. The lowest BCUT2D eigenvalue weighted by Crippen LogP contribution is -2.36. The summed E-state index contributed by atoms with van der Waals surface area (Å²) in [5.41, 5.74) is 3.65. The van der Waals surface area contributed by atoms with Crippen molar-refractivity contribution < 1.29 is 28.7 Å². The van der Waals surface area contributed by atoms with E-state index in [9.17, 15) is 19.2 Å². The normalized spacial score (nSPS) is 13.9. The maximum Gasteiger partial charge on any atom is 0.294 e. The van der Waals surface area contributed by atoms with Crippen molar-refractivity contribution in [2.24, 2.45) is 0 Å². The monoisotopic (exact) mass is 735 g/mol. The van der Waals surface area contributed by atoms with Crippen LogP contribution < -0.4 is 20.1 Å². The number of rotatable bonds is 9. The maximum absolute atomic E-state index is 12.9. The molecule has 0 radical (unpaired) electrons. The highest BCUT2D eigenvalue weighted by atomic mass is 79.9. The first kappa shape index (κ1) is 31.6. The van der Waals surface area contributed by atoms with Crippen LogP contribution in [0.1, 0.15) is 16.7 Å². The molecule has 0 bridgehead atoms. The van der Waals surface area contributed by atoms with Crippen LogP contribution in [0.25, 0.3) is 6.08 Å². The first-order valence-electron chi connectivity index (χ1n) is 12.3. The highest BCUT2D eigenvalue weighted by Crippen LogP contribution is 2.35. The van der Waals surface area contributed by atoms with Crippen molar-refractivity contribution in [3.05, 3.63) is 84.1 Å². The Bertz CT molecular complexity index is 1630. The molecule has 0 aromatic heterocycles. The summed E-state index contributed by atoms with van der Waals surface area (Å²) < 4.78 is 12.7. The Morgan fingerprint density at radius 3 is 2.40 bits per heavy atom. The lowest BCUT2D eigenvalue weighted by Gasteiger charge is -2.14.